The van der Waals surface area contributed by atoms with Crippen molar-refractivity contribution in [3.8, 4) is 0 Å². The van der Waals surface area contributed by atoms with Crippen LogP contribution in [0, 0.1) is 5.92 Å². The minimum atomic E-state index is -0.545. The van der Waals surface area contributed by atoms with Gasteiger partial charge in [0.1, 0.15) is 5.54 Å². The molecule has 1 amide bonds. The molecule has 1 aliphatic rings. The van der Waals surface area contributed by atoms with Gasteiger partial charge in [0.2, 0.25) is 5.91 Å². The third kappa shape index (κ3) is 2.87. The molecule has 0 aromatic heterocycles. The first-order valence-electron chi connectivity index (χ1n) is 5.73. The van der Waals surface area contributed by atoms with E-state index < -0.39 is 5.54 Å². The summed E-state index contributed by atoms with van der Waals surface area (Å²) in [5.41, 5.74) is 13.1. The third-order valence-corrected chi connectivity index (χ3v) is 3.21. The molecule has 0 spiro atoms. The molecule has 6 nitrogen and oxygen atoms in total. The number of primary amides is 1. The van der Waals surface area contributed by atoms with Crippen LogP contribution in [0.15, 0.2) is 5.11 Å². The second-order valence-corrected chi connectivity index (χ2v) is 4.20. The molecule has 6 heteroatoms. The second-order valence-electron chi connectivity index (χ2n) is 4.20. The Kier molecular flexibility index (Phi) is 4.58. The van der Waals surface area contributed by atoms with Crippen LogP contribution in [0.25, 0.3) is 10.4 Å². The van der Waals surface area contributed by atoms with Crippen LogP contribution in [0.3, 0.4) is 0 Å². The molecule has 0 aliphatic heterocycles. The Morgan fingerprint density at radius 2 is 2.38 bits per heavy atom. The maximum Gasteiger partial charge on any atom is 0.238 e. The molecule has 1 atom stereocenters. The molecule has 1 unspecified atom stereocenters. The lowest BCUT2D eigenvalue weighted by atomic mass is 9.89. The van der Waals surface area contributed by atoms with Gasteiger partial charge in [-0.05, 0) is 43.7 Å². The lowest BCUT2D eigenvalue weighted by molar-refractivity contribution is -0.125. The Morgan fingerprint density at radius 1 is 1.69 bits per heavy atom. The fraction of sp³-hybridized carbons (Fsp3) is 0.900. The van der Waals surface area contributed by atoms with E-state index in [1.807, 2.05) is 6.92 Å². The molecule has 1 fully saturated rings. The van der Waals surface area contributed by atoms with Crippen molar-refractivity contribution in [1.82, 2.24) is 5.32 Å². The molecule has 0 aromatic carbocycles. The van der Waals surface area contributed by atoms with Crippen molar-refractivity contribution in [2.75, 3.05) is 13.1 Å². The van der Waals surface area contributed by atoms with Gasteiger partial charge in [0.15, 0.2) is 0 Å². The fourth-order valence-corrected chi connectivity index (χ4v) is 2.10. The number of nitrogens with zero attached hydrogens (tertiary/aromatic N) is 3. The maximum atomic E-state index is 11.5. The van der Waals surface area contributed by atoms with Gasteiger partial charge >= 0.3 is 0 Å². The lowest BCUT2D eigenvalue weighted by Crippen LogP contribution is -2.57. The highest BCUT2D eigenvalue weighted by Crippen LogP contribution is 2.41. The average molecular weight is 225 g/mol. The van der Waals surface area contributed by atoms with Gasteiger partial charge in [-0.2, -0.15) is 0 Å². The van der Waals surface area contributed by atoms with E-state index in [0.717, 1.165) is 19.3 Å². The van der Waals surface area contributed by atoms with Crippen molar-refractivity contribution in [2.45, 2.75) is 38.1 Å². The molecule has 0 bridgehead atoms. The minimum Gasteiger partial charge on any atom is -0.368 e. The van der Waals surface area contributed by atoms with E-state index in [4.69, 9.17) is 11.3 Å². The normalized spacial score (nSPS) is 18.6. The molecule has 0 radical (unpaired) electrons. The van der Waals surface area contributed by atoms with Gasteiger partial charge in [-0.1, -0.05) is 12.0 Å². The molecular formula is C10H19N5O. The molecule has 0 heterocycles. The SMILES string of the molecule is CCC(NCCCN=[N+]=[N-])(C(N)=O)C1CC1. The van der Waals surface area contributed by atoms with Crippen molar-refractivity contribution in [1.29, 1.82) is 0 Å². The van der Waals surface area contributed by atoms with E-state index in [1.165, 1.54) is 0 Å². The number of amides is 1. The van der Waals surface area contributed by atoms with Crippen molar-refractivity contribution in [2.24, 2.45) is 16.8 Å². The van der Waals surface area contributed by atoms with Crippen LogP contribution < -0.4 is 11.1 Å². The Labute approximate surface area is 95.2 Å². The summed E-state index contributed by atoms with van der Waals surface area (Å²) in [6.45, 7) is 3.09. The number of azide groups is 1. The molecule has 1 rings (SSSR count). The van der Waals surface area contributed by atoms with Crippen LogP contribution in [-0.4, -0.2) is 24.5 Å². The number of hydrogen-bond acceptors (Lipinski definition) is 3. The van der Waals surface area contributed by atoms with E-state index in [-0.39, 0.29) is 5.91 Å². The quantitative estimate of drug-likeness (QED) is 0.281. The van der Waals surface area contributed by atoms with Crippen molar-refractivity contribution in [3.63, 3.8) is 0 Å². The third-order valence-electron chi connectivity index (χ3n) is 3.21. The monoisotopic (exact) mass is 225 g/mol. The van der Waals surface area contributed by atoms with Gasteiger partial charge in [0, 0.05) is 11.5 Å². The summed E-state index contributed by atoms with van der Waals surface area (Å²) in [6, 6.07) is 0. The summed E-state index contributed by atoms with van der Waals surface area (Å²) in [7, 11) is 0. The first-order chi connectivity index (χ1) is 7.67. The van der Waals surface area contributed by atoms with Gasteiger partial charge in [-0.25, -0.2) is 0 Å². The lowest BCUT2D eigenvalue weighted by Gasteiger charge is -2.30. The Hall–Kier alpha value is -1.26. The first-order valence-corrected chi connectivity index (χ1v) is 5.73. The molecule has 16 heavy (non-hydrogen) atoms. The van der Waals surface area contributed by atoms with Gasteiger partial charge in [-0.15, -0.1) is 0 Å². The summed E-state index contributed by atoms with van der Waals surface area (Å²) in [6.07, 6.45) is 3.58. The van der Waals surface area contributed by atoms with Crippen molar-refractivity contribution >= 4 is 5.91 Å². The molecule has 3 N–H and O–H groups in total. The largest absolute Gasteiger partial charge is 0.368 e. The first kappa shape index (κ1) is 12.8. The molecular weight excluding hydrogens is 206 g/mol. The summed E-state index contributed by atoms with van der Waals surface area (Å²) >= 11 is 0. The summed E-state index contributed by atoms with van der Waals surface area (Å²) in [5, 5.41) is 6.69. The summed E-state index contributed by atoms with van der Waals surface area (Å²) in [5.74, 6) is 0.121. The minimum absolute atomic E-state index is 0.263. The zero-order valence-electron chi connectivity index (χ0n) is 9.65. The highest BCUT2D eigenvalue weighted by molar-refractivity contribution is 5.85. The average Bonchev–Trinajstić information content (AvgIpc) is 3.07. The number of rotatable bonds is 8. The summed E-state index contributed by atoms with van der Waals surface area (Å²) < 4.78 is 0. The number of hydrogen-bond donors (Lipinski definition) is 2. The Bertz CT molecular complexity index is 296. The van der Waals surface area contributed by atoms with E-state index in [0.29, 0.717) is 25.4 Å². The number of nitrogens with two attached hydrogens (primary N) is 1. The van der Waals surface area contributed by atoms with Crippen LogP contribution >= 0.6 is 0 Å². The van der Waals surface area contributed by atoms with Gasteiger partial charge < -0.3 is 11.1 Å². The smallest absolute Gasteiger partial charge is 0.238 e. The van der Waals surface area contributed by atoms with Crippen LogP contribution in [-0.2, 0) is 4.79 Å². The topological polar surface area (TPSA) is 104 Å². The van der Waals surface area contributed by atoms with E-state index in [1.54, 1.807) is 0 Å². The maximum absolute atomic E-state index is 11.5. The van der Waals surface area contributed by atoms with Gasteiger partial charge in [0.25, 0.3) is 0 Å². The predicted molar refractivity (Wildman–Crippen MR) is 61.6 cm³/mol. The second kappa shape index (κ2) is 5.72. The predicted octanol–water partition coefficient (Wildman–Crippen LogP) is 1.32. The molecule has 90 valence electrons. The highest BCUT2D eigenvalue weighted by atomic mass is 16.1. The number of nitrogens with one attached hydrogen (secondary N) is 1. The van der Waals surface area contributed by atoms with Crippen molar-refractivity contribution in [3.05, 3.63) is 10.4 Å². The molecule has 0 saturated heterocycles. The van der Waals surface area contributed by atoms with Crippen LogP contribution in [0.2, 0.25) is 0 Å². The van der Waals surface area contributed by atoms with Crippen LogP contribution in [0.1, 0.15) is 32.6 Å². The van der Waals surface area contributed by atoms with Crippen LogP contribution in [0.4, 0.5) is 0 Å². The Morgan fingerprint density at radius 3 is 2.81 bits per heavy atom. The van der Waals surface area contributed by atoms with E-state index >= 15 is 0 Å². The van der Waals surface area contributed by atoms with Crippen molar-refractivity contribution < 1.29 is 4.79 Å². The number of carbonyl (C=O) groups excluding carboxylic acids is 1. The Balaban J connectivity index is 2.44. The van der Waals surface area contributed by atoms with Gasteiger partial charge in [-0.3, -0.25) is 4.79 Å². The van der Waals surface area contributed by atoms with E-state index in [2.05, 4.69) is 15.3 Å². The zero-order valence-corrected chi connectivity index (χ0v) is 9.65. The van der Waals surface area contributed by atoms with Gasteiger partial charge in [0.05, 0.1) is 0 Å². The zero-order chi connectivity index (χ0) is 12.0. The molecule has 1 aliphatic carbocycles. The van der Waals surface area contributed by atoms with Crippen LogP contribution in [0.5, 0.6) is 0 Å². The fourth-order valence-electron chi connectivity index (χ4n) is 2.10. The highest BCUT2D eigenvalue weighted by Gasteiger charge is 2.47. The summed E-state index contributed by atoms with van der Waals surface area (Å²) in [4.78, 5) is 14.2. The molecule has 0 aromatic rings. The molecule has 1 saturated carbocycles. The standard InChI is InChI=1S/C10H19N5O/c1-2-10(9(11)16,8-4-5-8)13-6-3-7-14-15-12/h8,13H,2-7H2,1H3,(H2,11,16). The number of carbonyl (C=O) groups is 1. The van der Waals surface area contributed by atoms with E-state index in [9.17, 15) is 4.79 Å².